The Morgan fingerprint density at radius 3 is 2.41 bits per heavy atom. The summed E-state index contributed by atoms with van der Waals surface area (Å²) < 4.78 is 4.55. The molecule has 1 fully saturated rings. The van der Waals surface area contributed by atoms with Crippen molar-refractivity contribution in [2.24, 2.45) is 0 Å². The van der Waals surface area contributed by atoms with Gasteiger partial charge in [-0.15, -0.1) is 0 Å². The number of halogens is 1. The van der Waals surface area contributed by atoms with Crippen LogP contribution >= 0.6 is 11.6 Å². The number of carbonyl (C=O) groups excluding carboxylic acids is 1. The average molecular weight is 328 g/mol. The highest BCUT2D eigenvalue weighted by Crippen LogP contribution is 2.31. The van der Waals surface area contributed by atoms with Gasteiger partial charge in [0.05, 0.1) is 6.61 Å². The number of hydrogen-bond donors (Lipinski definition) is 2. The zero-order chi connectivity index (χ0) is 16.6. The monoisotopic (exact) mass is 327 g/mol. The van der Waals surface area contributed by atoms with Gasteiger partial charge in [0.15, 0.2) is 0 Å². The molecule has 1 aromatic rings. The third kappa shape index (κ3) is 6.77. The van der Waals surface area contributed by atoms with Crippen molar-refractivity contribution < 1.29 is 14.6 Å². The highest BCUT2D eigenvalue weighted by molar-refractivity contribution is 6.31. The minimum atomic E-state index is -0.318. The molecule has 0 atom stereocenters. The van der Waals surface area contributed by atoms with E-state index in [9.17, 15) is 4.79 Å². The first kappa shape index (κ1) is 18.9. The van der Waals surface area contributed by atoms with E-state index in [2.05, 4.69) is 16.1 Å². The number of ether oxygens (including phenoxy) is 1. The van der Waals surface area contributed by atoms with Crippen LogP contribution in [0.15, 0.2) is 18.2 Å². The van der Waals surface area contributed by atoms with Gasteiger partial charge in [0.2, 0.25) is 0 Å². The number of piperidine rings is 1. The Labute approximate surface area is 137 Å². The summed E-state index contributed by atoms with van der Waals surface area (Å²) >= 11 is 6.21. The van der Waals surface area contributed by atoms with Crippen molar-refractivity contribution in [2.45, 2.75) is 51.7 Å². The molecule has 0 bridgehead atoms. The van der Waals surface area contributed by atoms with Crippen molar-refractivity contribution in [3.63, 3.8) is 0 Å². The van der Waals surface area contributed by atoms with Crippen LogP contribution in [-0.4, -0.2) is 30.3 Å². The van der Waals surface area contributed by atoms with Gasteiger partial charge in [-0.25, -0.2) is 0 Å². The Morgan fingerprint density at radius 1 is 1.36 bits per heavy atom. The summed E-state index contributed by atoms with van der Waals surface area (Å²) in [6.07, 6.45) is 2.30. The van der Waals surface area contributed by atoms with E-state index in [0.717, 1.165) is 36.5 Å². The van der Waals surface area contributed by atoms with E-state index < -0.39 is 0 Å². The second-order valence-electron chi connectivity index (χ2n) is 6.36. The summed E-state index contributed by atoms with van der Waals surface area (Å²) in [6.45, 7) is 8.13. The lowest BCUT2D eigenvalue weighted by Crippen LogP contribution is -2.26. The van der Waals surface area contributed by atoms with E-state index in [1.54, 1.807) is 0 Å². The second-order valence-corrected chi connectivity index (χ2v) is 6.77. The average Bonchev–Trinajstić information content (AvgIpc) is 2.47. The molecule has 4 nitrogen and oxygen atoms in total. The predicted octanol–water partition coefficient (Wildman–Crippen LogP) is 3.26. The minimum absolute atomic E-state index is 0.0617. The number of aliphatic hydroxyl groups is 1. The van der Waals surface area contributed by atoms with Crippen molar-refractivity contribution in [2.75, 3.05) is 13.1 Å². The first-order valence-electron chi connectivity index (χ1n) is 7.58. The van der Waals surface area contributed by atoms with Gasteiger partial charge >= 0.3 is 0 Å². The number of hydrogen-bond acceptors (Lipinski definition) is 4. The molecule has 1 aliphatic heterocycles. The van der Waals surface area contributed by atoms with E-state index in [-0.39, 0.29) is 12.2 Å². The van der Waals surface area contributed by atoms with Crippen molar-refractivity contribution in [1.29, 1.82) is 0 Å². The van der Waals surface area contributed by atoms with Gasteiger partial charge in [-0.1, -0.05) is 23.7 Å². The zero-order valence-electron chi connectivity index (χ0n) is 13.6. The normalized spacial score (nSPS) is 15.7. The fraction of sp³-hybridized carbons (Fsp3) is 0.588. The van der Waals surface area contributed by atoms with Crippen LogP contribution in [-0.2, 0) is 16.1 Å². The first-order valence-corrected chi connectivity index (χ1v) is 7.96. The Hall–Kier alpha value is -1.10. The molecular weight excluding hydrogens is 302 g/mol. The zero-order valence-corrected chi connectivity index (χ0v) is 14.3. The standard InChI is InChI=1S/C12H16ClNO.C5H10O2/c13-12-7-9(8-15)1-2-11(12)10-3-5-14-6-4-10;1-5(2,3)7-4-6/h1-2,7,10,14-15H,3-6,8H2;4H,1-3H3. The van der Waals surface area contributed by atoms with Crippen molar-refractivity contribution in [1.82, 2.24) is 5.32 Å². The van der Waals surface area contributed by atoms with E-state index in [1.165, 1.54) is 5.56 Å². The maximum atomic E-state index is 9.60. The fourth-order valence-corrected chi connectivity index (χ4v) is 2.63. The van der Waals surface area contributed by atoms with E-state index in [0.29, 0.717) is 12.4 Å². The number of rotatable bonds is 3. The molecule has 1 aromatic carbocycles. The Kier molecular flexibility index (Phi) is 7.87. The number of nitrogens with one attached hydrogen (secondary N) is 1. The third-order valence-electron chi connectivity index (χ3n) is 3.43. The highest BCUT2D eigenvalue weighted by atomic mass is 35.5. The third-order valence-corrected chi connectivity index (χ3v) is 3.76. The summed E-state index contributed by atoms with van der Waals surface area (Å²) in [6, 6.07) is 5.89. The molecule has 0 saturated carbocycles. The van der Waals surface area contributed by atoms with E-state index in [4.69, 9.17) is 16.7 Å². The molecule has 124 valence electrons. The molecule has 1 saturated heterocycles. The van der Waals surface area contributed by atoms with Crippen LogP contribution in [0.2, 0.25) is 5.02 Å². The van der Waals surface area contributed by atoms with Gasteiger partial charge in [-0.3, -0.25) is 4.79 Å². The van der Waals surface area contributed by atoms with Gasteiger partial charge in [0.25, 0.3) is 6.47 Å². The predicted molar refractivity (Wildman–Crippen MR) is 89.1 cm³/mol. The molecular formula is C17H26ClNO3. The van der Waals surface area contributed by atoms with Crippen molar-refractivity contribution in [3.05, 3.63) is 34.3 Å². The molecule has 5 heteroatoms. The van der Waals surface area contributed by atoms with Crippen LogP contribution in [0.4, 0.5) is 0 Å². The quantitative estimate of drug-likeness (QED) is 0.837. The van der Waals surface area contributed by atoms with Crippen LogP contribution < -0.4 is 5.32 Å². The first-order chi connectivity index (χ1) is 10.4. The van der Waals surface area contributed by atoms with E-state index >= 15 is 0 Å². The molecule has 2 N–H and O–H groups in total. The topological polar surface area (TPSA) is 58.6 Å². The maximum absolute atomic E-state index is 9.60. The second kappa shape index (κ2) is 9.13. The highest BCUT2D eigenvalue weighted by Gasteiger charge is 2.17. The lowest BCUT2D eigenvalue weighted by molar-refractivity contribution is -0.138. The van der Waals surface area contributed by atoms with E-state index in [1.807, 2.05) is 32.9 Å². The van der Waals surface area contributed by atoms with Crippen LogP contribution in [0.3, 0.4) is 0 Å². The minimum Gasteiger partial charge on any atom is -0.462 e. The lowest BCUT2D eigenvalue weighted by Gasteiger charge is -2.24. The molecule has 0 spiro atoms. The largest absolute Gasteiger partial charge is 0.462 e. The van der Waals surface area contributed by atoms with Crippen molar-refractivity contribution >= 4 is 18.1 Å². The molecule has 1 heterocycles. The molecule has 2 rings (SSSR count). The van der Waals surface area contributed by atoms with Crippen LogP contribution in [0.5, 0.6) is 0 Å². The fourth-order valence-electron chi connectivity index (χ4n) is 2.28. The number of aliphatic hydroxyl groups excluding tert-OH is 1. The summed E-state index contributed by atoms with van der Waals surface area (Å²) in [5, 5.41) is 13.1. The number of carbonyl (C=O) groups is 1. The smallest absolute Gasteiger partial charge is 0.293 e. The van der Waals surface area contributed by atoms with Crippen LogP contribution in [0.1, 0.15) is 50.7 Å². The molecule has 0 unspecified atom stereocenters. The summed E-state index contributed by atoms with van der Waals surface area (Å²) in [5.74, 6) is 0.575. The Balaban J connectivity index is 0.000000295. The van der Waals surface area contributed by atoms with Crippen LogP contribution in [0, 0.1) is 0 Å². The van der Waals surface area contributed by atoms with Crippen LogP contribution in [0.25, 0.3) is 0 Å². The van der Waals surface area contributed by atoms with Crippen molar-refractivity contribution in [3.8, 4) is 0 Å². The summed E-state index contributed by atoms with van der Waals surface area (Å²) in [5.41, 5.74) is 1.80. The van der Waals surface area contributed by atoms with Gasteiger partial charge in [0, 0.05) is 5.02 Å². The van der Waals surface area contributed by atoms with Gasteiger partial charge < -0.3 is 15.2 Å². The van der Waals surface area contributed by atoms with Gasteiger partial charge in [0.1, 0.15) is 5.60 Å². The molecule has 0 aromatic heterocycles. The number of benzene rings is 1. The SMILES string of the molecule is CC(C)(C)OC=O.OCc1ccc(C2CCNCC2)c(Cl)c1. The van der Waals surface area contributed by atoms with Gasteiger partial charge in [-0.05, 0) is 69.8 Å². The molecule has 0 amide bonds. The Morgan fingerprint density at radius 2 is 2.00 bits per heavy atom. The molecule has 22 heavy (non-hydrogen) atoms. The maximum Gasteiger partial charge on any atom is 0.293 e. The molecule has 1 aliphatic rings. The summed E-state index contributed by atoms with van der Waals surface area (Å²) in [7, 11) is 0. The lowest BCUT2D eigenvalue weighted by atomic mass is 9.90. The Bertz CT molecular complexity index is 465. The summed E-state index contributed by atoms with van der Waals surface area (Å²) in [4.78, 5) is 9.60. The molecule has 0 radical (unpaired) electrons. The molecule has 0 aliphatic carbocycles. The van der Waals surface area contributed by atoms with Gasteiger partial charge in [-0.2, -0.15) is 0 Å².